The fourth-order valence-corrected chi connectivity index (χ4v) is 10.5. The van der Waals surface area contributed by atoms with Gasteiger partial charge in [0.15, 0.2) is 0 Å². The molecule has 2 unspecified atom stereocenters. The van der Waals surface area contributed by atoms with E-state index in [1.807, 2.05) is 34.6 Å². The lowest BCUT2D eigenvalue weighted by atomic mass is 9.34. The van der Waals surface area contributed by atoms with Gasteiger partial charge in [0.2, 0.25) is 0 Å². The Bertz CT molecular complexity index is 842. The molecular formula is C30H52O5. The maximum Gasteiger partial charge on any atom is 0.138 e. The fourth-order valence-electron chi connectivity index (χ4n) is 10.5. The van der Waals surface area contributed by atoms with Crippen molar-refractivity contribution in [3.8, 4) is 0 Å². The summed E-state index contributed by atoms with van der Waals surface area (Å²) in [5, 5.41) is 45.2. The topological polar surface area (TPSA) is 98.0 Å². The molecule has 202 valence electrons. The van der Waals surface area contributed by atoms with E-state index < -0.39 is 28.8 Å². The van der Waals surface area contributed by atoms with Gasteiger partial charge in [0.25, 0.3) is 0 Å². The quantitative estimate of drug-likeness (QED) is 0.439. The van der Waals surface area contributed by atoms with Crippen LogP contribution in [-0.2, 0) is 4.79 Å². The highest BCUT2D eigenvalue weighted by molar-refractivity contribution is 5.85. The number of carbonyl (C=O) groups excluding carboxylic acids is 1. The first-order chi connectivity index (χ1) is 15.8. The maximum absolute atomic E-state index is 12.9. The predicted octanol–water partition coefficient (Wildman–Crippen LogP) is 4.87. The summed E-state index contributed by atoms with van der Waals surface area (Å²) in [6.45, 7) is 16.5. The molecule has 35 heavy (non-hydrogen) atoms. The van der Waals surface area contributed by atoms with Gasteiger partial charge >= 0.3 is 0 Å². The average molecular weight is 493 g/mol. The van der Waals surface area contributed by atoms with Crippen molar-refractivity contribution in [2.75, 3.05) is 0 Å². The minimum absolute atomic E-state index is 0.00544. The summed E-state index contributed by atoms with van der Waals surface area (Å²) in [4.78, 5) is 12.9. The Kier molecular flexibility index (Phi) is 6.49. The Morgan fingerprint density at radius 3 is 2.14 bits per heavy atom. The summed E-state index contributed by atoms with van der Waals surface area (Å²) in [5.74, 6) is 0.362. The van der Waals surface area contributed by atoms with Crippen LogP contribution in [0.25, 0.3) is 0 Å². The van der Waals surface area contributed by atoms with Gasteiger partial charge in [0.05, 0.1) is 23.4 Å². The number of fused-ring (bicyclic) bond motifs is 5. The van der Waals surface area contributed by atoms with E-state index in [-0.39, 0.29) is 45.7 Å². The number of hydrogen-bond donors (Lipinski definition) is 4. The fraction of sp³-hybridized carbons (Fsp3) is 0.967. The smallest absolute Gasteiger partial charge is 0.138 e. The second kappa shape index (κ2) is 8.25. The number of hydrogen-bond acceptors (Lipinski definition) is 5. The van der Waals surface area contributed by atoms with E-state index in [1.54, 1.807) is 0 Å². The van der Waals surface area contributed by atoms with Gasteiger partial charge in [-0.25, -0.2) is 0 Å². The van der Waals surface area contributed by atoms with Crippen LogP contribution in [0.4, 0.5) is 0 Å². The molecule has 0 aliphatic heterocycles. The third kappa shape index (κ3) is 3.97. The molecule has 4 rings (SSSR count). The zero-order valence-electron chi connectivity index (χ0n) is 23.5. The number of aliphatic hydroxyl groups excluding tert-OH is 2. The zero-order valence-corrected chi connectivity index (χ0v) is 23.5. The van der Waals surface area contributed by atoms with E-state index in [4.69, 9.17) is 0 Å². The van der Waals surface area contributed by atoms with Gasteiger partial charge in [-0.3, -0.25) is 4.79 Å². The summed E-state index contributed by atoms with van der Waals surface area (Å²) in [5.41, 5.74) is -2.77. The number of aliphatic hydroxyl groups is 4. The third-order valence-electron chi connectivity index (χ3n) is 12.3. The summed E-state index contributed by atoms with van der Waals surface area (Å²) in [6.07, 6.45) is 5.42. The summed E-state index contributed by atoms with van der Waals surface area (Å²) < 4.78 is 0. The zero-order chi connectivity index (χ0) is 26.4. The first-order valence-corrected chi connectivity index (χ1v) is 14.2. The molecule has 0 radical (unpaired) electrons. The van der Waals surface area contributed by atoms with Crippen LogP contribution in [-0.4, -0.2) is 49.6 Å². The van der Waals surface area contributed by atoms with E-state index in [9.17, 15) is 25.2 Å². The third-order valence-corrected chi connectivity index (χ3v) is 12.3. The van der Waals surface area contributed by atoms with Crippen LogP contribution in [0.2, 0.25) is 0 Å². The van der Waals surface area contributed by atoms with Gasteiger partial charge < -0.3 is 20.4 Å². The second-order valence-electron chi connectivity index (χ2n) is 15.3. The van der Waals surface area contributed by atoms with Crippen LogP contribution in [0.5, 0.6) is 0 Å². The summed E-state index contributed by atoms with van der Waals surface area (Å²) in [6, 6.07) is 0. The van der Waals surface area contributed by atoms with Crippen LogP contribution >= 0.6 is 0 Å². The molecule has 0 heterocycles. The van der Waals surface area contributed by atoms with E-state index in [1.165, 1.54) is 0 Å². The highest BCUT2D eigenvalue weighted by atomic mass is 16.3. The molecule has 4 saturated carbocycles. The number of carbonyl (C=O) groups is 1. The van der Waals surface area contributed by atoms with Crippen molar-refractivity contribution < 1.29 is 25.2 Å². The average Bonchev–Trinajstić information content (AvgIpc) is 3.07. The molecule has 4 aliphatic rings. The molecule has 10 atom stereocenters. The lowest BCUT2D eigenvalue weighted by Crippen LogP contribution is -2.69. The maximum atomic E-state index is 12.9. The Balaban J connectivity index is 1.67. The highest BCUT2D eigenvalue weighted by Crippen LogP contribution is 2.75. The minimum Gasteiger partial charge on any atom is -0.393 e. The Morgan fingerprint density at radius 2 is 1.54 bits per heavy atom. The molecule has 4 fully saturated rings. The number of Topliss-reactive ketones (excluding diaryl/α,β-unsaturated/α-hetero) is 1. The van der Waals surface area contributed by atoms with Gasteiger partial charge in [0, 0.05) is 17.8 Å². The first-order valence-electron chi connectivity index (χ1n) is 14.2. The van der Waals surface area contributed by atoms with Crippen molar-refractivity contribution in [1.82, 2.24) is 0 Å². The Labute approximate surface area is 213 Å². The van der Waals surface area contributed by atoms with Gasteiger partial charge in [-0.2, -0.15) is 0 Å². The lowest BCUT2D eigenvalue weighted by molar-refractivity contribution is -0.258. The number of ketones is 1. The van der Waals surface area contributed by atoms with Crippen LogP contribution in [0.1, 0.15) is 113 Å². The Hall–Kier alpha value is -0.490. The van der Waals surface area contributed by atoms with Crippen molar-refractivity contribution in [3.05, 3.63) is 0 Å². The van der Waals surface area contributed by atoms with Crippen LogP contribution in [0.3, 0.4) is 0 Å². The normalized spacial score (nSPS) is 49.1. The molecule has 0 amide bonds. The first kappa shape index (κ1) is 27.5. The minimum atomic E-state index is -0.906. The van der Waals surface area contributed by atoms with Gasteiger partial charge in [-0.1, -0.05) is 34.6 Å². The standard InChI is InChI=1S/C30H52O5/c1-25(2,34)12-9-13-30(8,35)18-10-15-28(6)23(18)19(31)16-21-27(5)14-11-22(33)26(3,4)24(27)20(32)17-29(21,28)7/h18-21,23-24,31-32,34-35H,9-17H2,1-8H3/t18-,19?,20-,21+,23-,24?,27+,28+,29+,30+/m0/s1. The monoisotopic (exact) mass is 492 g/mol. The van der Waals surface area contributed by atoms with Crippen molar-refractivity contribution in [2.24, 2.45) is 45.3 Å². The molecule has 5 nitrogen and oxygen atoms in total. The molecule has 0 saturated heterocycles. The summed E-state index contributed by atoms with van der Waals surface area (Å²) in [7, 11) is 0. The van der Waals surface area contributed by atoms with Gasteiger partial charge in [-0.05, 0) is 106 Å². The van der Waals surface area contributed by atoms with E-state index >= 15 is 0 Å². The van der Waals surface area contributed by atoms with Crippen molar-refractivity contribution in [1.29, 1.82) is 0 Å². The highest BCUT2D eigenvalue weighted by Gasteiger charge is 2.73. The van der Waals surface area contributed by atoms with Crippen molar-refractivity contribution in [3.63, 3.8) is 0 Å². The molecular weight excluding hydrogens is 440 g/mol. The molecule has 0 aromatic carbocycles. The SMILES string of the molecule is CC(C)(O)CCC[C@@](C)(O)[C@H]1CC[C@]2(C)[C@@H]1C(O)C[C@@H]1[C@@]3(C)CCC(=O)C(C)(C)C3[C@@H](O)C[C@]12C. The molecule has 4 N–H and O–H groups in total. The molecule has 4 aliphatic carbocycles. The molecule has 0 spiro atoms. The van der Waals surface area contributed by atoms with E-state index in [2.05, 4.69) is 20.8 Å². The van der Waals surface area contributed by atoms with Crippen LogP contribution in [0, 0.1) is 45.3 Å². The summed E-state index contributed by atoms with van der Waals surface area (Å²) >= 11 is 0. The molecule has 0 aromatic rings. The van der Waals surface area contributed by atoms with Gasteiger partial charge in [0.1, 0.15) is 5.78 Å². The van der Waals surface area contributed by atoms with E-state index in [0.717, 1.165) is 25.7 Å². The molecule has 5 heteroatoms. The van der Waals surface area contributed by atoms with Crippen molar-refractivity contribution >= 4 is 5.78 Å². The van der Waals surface area contributed by atoms with E-state index in [0.29, 0.717) is 32.1 Å². The molecule has 0 aromatic heterocycles. The molecule has 0 bridgehead atoms. The largest absolute Gasteiger partial charge is 0.393 e. The number of rotatable bonds is 5. The van der Waals surface area contributed by atoms with Crippen LogP contribution < -0.4 is 0 Å². The lowest BCUT2D eigenvalue weighted by Gasteiger charge is -2.70. The van der Waals surface area contributed by atoms with Crippen LogP contribution in [0.15, 0.2) is 0 Å². The second-order valence-corrected chi connectivity index (χ2v) is 15.3. The van der Waals surface area contributed by atoms with Gasteiger partial charge in [-0.15, -0.1) is 0 Å². The van der Waals surface area contributed by atoms with Crippen molar-refractivity contribution in [2.45, 2.75) is 137 Å². The predicted molar refractivity (Wildman–Crippen MR) is 138 cm³/mol. The Morgan fingerprint density at radius 1 is 0.914 bits per heavy atom.